The number of hydrogen-bond acceptors (Lipinski definition) is 4. The Bertz CT molecular complexity index is 510. The van der Waals surface area contributed by atoms with E-state index in [1.54, 1.807) is 0 Å². The van der Waals surface area contributed by atoms with Crippen molar-refractivity contribution in [3.63, 3.8) is 0 Å². The standard InChI is InChI=1S/C18H29ClN2O2/c1-5-20-8-9-21(11-14(20)4)17(12-22)15-6-7-18(16(19)10-15)23-13(2)3/h6-7,10,13-14,17,22H,5,8-9,11-12H2,1-4H3. The molecule has 2 atom stereocenters. The van der Waals surface area contributed by atoms with Gasteiger partial charge in [0.1, 0.15) is 5.75 Å². The Hall–Kier alpha value is -0.810. The van der Waals surface area contributed by atoms with Gasteiger partial charge in [0.25, 0.3) is 0 Å². The minimum absolute atomic E-state index is 0.0120. The van der Waals surface area contributed by atoms with Gasteiger partial charge in [-0.3, -0.25) is 9.80 Å². The molecule has 1 aromatic carbocycles. The van der Waals surface area contributed by atoms with Gasteiger partial charge >= 0.3 is 0 Å². The van der Waals surface area contributed by atoms with Gasteiger partial charge in [-0.1, -0.05) is 24.6 Å². The summed E-state index contributed by atoms with van der Waals surface area (Å²) in [6.45, 7) is 12.5. The summed E-state index contributed by atoms with van der Waals surface area (Å²) in [5, 5.41) is 10.5. The first kappa shape index (κ1) is 18.5. The molecule has 1 fully saturated rings. The minimum Gasteiger partial charge on any atom is -0.489 e. The van der Waals surface area contributed by atoms with Gasteiger partial charge in [-0.15, -0.1) is 0 Å². The summed E-state index contributed by atoms with van der Waals surface area (Å²) in [5.74, 6) is 0.700. The largest absolute Gasteiger partial charge is 0.489 e. The fraction of sp³-hybridized carbons (Fsp3) is 0.667. The highest BCUT2D eigenvalue weighted by molar-refractivity contribution is 6.32. The molecule has 0 amide bonds. The quantitative estimate of drug-likeness (QED) is 0.862. The number of halogens is 1. The van der Waals surface area contributed by atoms with Crippen LogP contribution in [-0.4, -0.2) is 59.8 Å². The smallest absolute Gasteiger partial charge is 0.138 e. The van der Waals surface area contributed by atoms with Crippen molar-refractivity contribution in [1.82, 2.24) is 9.80 Å². The molecule has 0 spiro atoms. The second-order valence-electron chi connectivity index (χ2n) is 6.53. The second-order valence-corrected chi connectivity index (χ2v) is 6.93. The lowest BCUT2D eigenvalue weighted by Crippen LogP contribution is -2.53. The van der Waals surface area contributed by atoms with E-state index in [1.807, 2.05) is 32.0 Å². The molecule has 2 unspecified atom stereocenters. The van der Waals surface area contributed by atoms with Crippen molar-refractivity contribution in [2.45, 2.75) is 45.9 Å². The lowest BCUT2D eigenvalue weighted by atomic mass is 10.0. The maximum atomic E-state index is 9.92. The van der Waals surface area contributed by atoms with Crippen molar-refractivity contribution in [3.05, 3.63) is 28.8 Å². The first-order valence-corrected chi connectivity index (χ1v) is 8.89. The summed E-state index contributed by atoms with van der Waals surface area (Å²) < 4.78 is 5.69. The average molecular weight is 341 g/mol. The minimum atomic E-state index is -0.0120. The zero-order valence-corrected chi connectivity index (χ0v) is 15.4. The fourth-order valence-corrected chi connectivity index (χ4v) is 3.52. The number of aliphatic hydroxyl groups is 1. The Balaban J connectivity index is 2.13. The van der Waals surface area contributed by atoms with Crippen LogP contribution in [0.4, 0.5) is 0 Å². The normalized spacial score (nSPS) is 21.6. The lowest BCUT2D eigenvalue weighted by Gasteiger charge is -2.42. The van der Waals surface area contributed by atoms with Crippen molar-refractivity contribution in [2.24, 2.45) is 0 Å². The highest BCUT2D eigenvalue weighted by atomic mass is 35.5. The summed E-state index contributed by atoms with van der Waals surface area (Å²) in [7, 11) is 0. The summed E-state index contributed by atoms with van der Waals surface area (Å²) in [6.07, 6.45) is 0.0926. The van der Waals surface area contributed by atoms with E-state index in [4.69, 9.17) is 16.3 Å². The Morgan fingerprint density at radius 2 is 2.09 bits per heavy atom. The average Bonchev–Trinajstić information content (AvgIpc) is 2.50. The van der Waals surface area contributed by atoms with Gasteiger partial charge < -0.3 is 9.84 Å². The molecule has 0 saturated carbocycles. The SMILES string of the molecule is CCN1CCN(C(CO)c2ccc(OC(C)C)c(Cl)c2)CC1C. The van der Waals surface area contributed by atoms with Crippen molar-refractivity contribution in [2.75, 3.05) is 32.8 Å². The summed E-state index contributed by atoms with van der Waals surface area (Å²) >= 11 is 6.35. The van der Waals surface area contributed by atoms with Crippen LogP contribution in [0.5, 0.6) is 5.75 Å². The Labute approximate surface area is 145 Å². The van der Waals surface area contributed by atoms with Crippen LogP contribution >= 0.6 is 11.6 Å². The van der Waals surface area contributed by atoms with E-state index in [2.05, 4.69) is 23.6 Å². The Morgan fingerprint density at radius 1 is 1.35 bits per heavy atom. The lowest BCUT2D eigenvalue weighted by molar-refractivity contribution is 0.0367. The molecule has 0 radical (unpaired) electrons. The Morgan fingerprint density at radius 3 is 2.61 bits per heavy atom. The molecule has 2 rings (SSSR count). The van der Waals surface area contributed by atoms with Gasteiger partial charge in [0.05, 0.1) is 23.8 Å². The number of rotatable bonds is 6. The number of likely N-dealkylation sites (N-methyl/N-ethyl adjacent to an activating group) is 1. The predicted octanol–water partition coefficient (Wildman–Crippen LogP) is 3.19. The highest BCUT2D eigenvalue weighted by Gasteiger charge is 2.28. The molecule has 1 heterocycles. The van der Waals surface area contributed by atoms with Gasteiger partial charge in [-0.05, 0) is 45.0 Å². The van der Waals surface area contributed by atoms with Crippen molar-refractivity contribution < 1.29 is 9.84 Å². The van der Waals surface area contributed by atoms with E-state index >= 15 is 0 Å². The number of benzene rings is 1. The number of aliphatic hydroxyl groups excluding tert-OH is 1. The molecule has 1 aliphatic heterocycles. The van der Waals surface area contributed by atoms with Crippen molar-refractivity contribution in [1.29, 1.82) is 0 Å². The zero-order chi connectivity index (χ0) is 17.0. The van der Waals surface area contributed by atoms with Crippen LogP contribution < -0.4 is 4.74 Å². The van der Waals surface area contributed by atoms with E-state index in [1.165, 1.54) is 0 Å². The van der Waals surface area contributed by atoms with Crippen LogP contribution in [0.3, 0.4) is 0 Å². The van der Waals surface area contributed by atoms with Gasteiger partial charge in [-0.25, -0.2) is 0 Å². The van der Waals surface area contributed by atoms with Crippen LogP contribution in [0.1, 0.15) is 39.3 Å². The molecule has 4 nitrogen and oxygen atoms in total. The molecular formula is C18H29ClN2O2. The van der Waals surface area contributed by atoms with E-state index in [-0.39, 0.29) is 18.8 Å². The third-order valence-electron chi connectivity index (χ3n) is 4.52. The maximum absolute atomic E-state index is 9.92. The van der Waals surface area contributed by atoms with Crippen LogP contribution in [0.25, 0.3) is 0 Å². The molecule has 5 heteroatoms. The third-order valence-corrected chi connectivity index (χ3v) is 4.82. The first-order valence-electron chi connectivity index (χ1n) is 8.51. The summed E-state index contributed by atoms with van der Waals surface area (Å²) in [6, 6.07) is 6.34. The van der Waals surface area contributed by atoms with Gasteiger partial charge in [0.15, 0.2) is 0 Å². The van der Waals surface area contributed by atoms with Crippen LogP contribution in [0, 0.1) is 0 Å². The fourth-order valence-electron chi connectivity index (χ4n) is 3.28. The van der Waals surface area contributed by atoms with E-state index < -0.39 is 0 Å². The van der Waals surface area contributed by atoms with Crippen molar-refractivity contribution in [3.8, 4) is 5.75 Å². The number of nitrogens with zero attached hydrogens (tertiary/aromatic N) is 2. The molecule has 0 bridgehead atoms. The predicted molar refractivity (Wildman–Crippen MR) is 95.3 cm³/mol. The Kier molecular flexibility index (Phi) is 6.72. The molecule has 1 saturated heterocycles. The summed E-state index contributed by atoms with van der Waals surface area (Å²) in [5.41, 5.74) is 1.05. The number of ether oxygens (including phenoxy) is 1. The molecule has 0 aliphatic carbocycles. The molecule has 23 heavy (non-hydrogen) atoms. The molecule has 130 valence electrons. The van der Waals surface area contributed by atoms with E-state index in [9.17, 15) is 5.11 Å². The highest BCUT2D eigenvalue weighted by Crippen LogP contribution is 2.31. The van der Waals surface area contributed by atoms with Crippen LogP contribution in [-0.2, 0) is 0 Å². The topological polar surface area (TPSA) is 35.9 Å². The molecule has 0 aromatic heterocycles. The van der Waals surface area contributed by atoms with Crippen LogP contribution in [0.2, 0.25) is 5.02 Å². The molecule has 1 aromatic rings. The number of hydrogen-bond donors (Lipinski definition) is 1. The van der Waals surface area contributed by atoms with Gasteiger partial charge in [0.2, 0.25) is 0 Å². The molecule has 1 N–H and O–H groups in total. The molecule has 1 aliphatic rings. The maximum Gasteiger partial charge on any atom is 0.138 e. The van der Waals surface area contributed by atoms with Gasteiger partial charge in [0, 0.05) is 25.7 Å². The third kappa shape index (κ3) is 4.60. The summed E-state index contributed by atoms with van der Waals surface area (Å²) in [4.78, 5) is 4.82. The van der Waals surface area contributed by atoms with Gasteiger partial charge in [-0.2, -0.15) is 0 Å². The second kappa shape index (κ2) is 8.34. The molecular weight excluding hydrogens is 312 g/mol. The van der Waals surface area contributed by atoms with Crippen molar-refractivity contribution >= 4 is 11.6 Å². The van der Waals surface area contributed by atoms with E-state index in [0.29, 0.717) is 16.8 Å². The zero-order valence-electron chi connectivity index (χ0n) is 14.6. The monoisotopic (exact) mass is 340 g/mol. The first-order chi connectivity index (χ1) is 11.0. The van der Waals surface area contributed by atoms with Crippen LogP contribution in [0.15, 0.2) is 18.2 Å². The van der Waals surface area contributed by atoms with E-state index in [0.717, 1.165) is 31.7 Å². The number of piperazine rings is 1.